The van der Waals surface area contributed by atoms with Crippen molar-refractivity contribution in [2.45, 2.75) is 5.41 Å². The molecule has 0 fully saturated rings. The van der Waals surface area contributed by atoms with Crippen molar-refractivity contribution in [3.8, 4) is 67.3 Å². The highest BCUT2D eigenvalue weighted by Gasteiger charge is 2.52. The molecule has 1 spiro atoms. The molecule has 1 aliphatic heterocycles. The first-order chi connectivity index (χ1) is 32.7. The van der Waals surface area contributed by atoms with Crippen molar-refractivity contribution >= 4 is 27.8 Å². The van der Waals surface area contributed by atoms with Gasteiger partial charge in [0.05, 0.1) is 28.2 Å². The lowest BCUT2D eigenvalue weighted by Crippen LogP contribution is -2.36. The maximum absolute atomic E-state index is 5.25. The summed E-state index contributed by atoms with van der Waals surface area (Å²) in [7, 11) is 0. The van der Waals surface area contributed by atoms with Gasteiger partial charge in [0.25, 0.3) is 0 Å². The lowest BCUT2D eigenvalue weighted by Gasteiger charge is -2.45. The molecule has 0 saturated heterocycles. The lowest BCUT2D eigenvalue weighted by atomic mass is 9.64. The van der Waals surface area contributed by atoms with Crippen LogP contribution in [0, 0.1) is 0 Å². The van der Waals surface area contributed by atoms with E-state index >= 15 is 0 Å². The number of rotatable bonds is 6. The van der Waals surface area contributed by atoms with Crippen molar-refractivity contribution < 1.29 is 0 Å². The highest BCUT2D eigenvalue weighted by Crippen LogP contribution is 2.64. The number of fused-ring (bicyclic) bond motifs is 10. The van der Waals surface area contributed by atoms with Gasteiger partial charge < -0.3 is 4.90 Å². The molecule has 0 N–H and O–H groups in total. The quantitative estimate of drug-likeness (QED) is 0.167. The zero-order valence-electron chi connectivity index (χ0n) is 36.0. The van der Waals surface area contributed by atoms with Gasteiger partial charge in [-0.15, -0.1) is 0 Å². The molecule has 3 nitrogen and oxygen atoms in total. The molecule has 11 aromatic rings. The number of hydrogen-bond donors (Lipinski definition) is 0. The zero-order valence-corrected chi connectivity index (χ0v) is 36.0. The minimum atomic E-state index is -0.580. The third kappa shape index (κ3) is 5.98. The largest absolute Gasteiger partial charge is 0.310 e. The first-order valence-corrected chi connectivity index (χ1v) is 22.6. The molecule has 3 heteroatoms. The van der Waals surface area contributed by atoms with Crippen molar-refractivity contribution in [3.63, 3.8) is 0 Å². The number of aromatic nitrogens is 2. The van der Waals surface area contributed by atoms with Crippen LogP contribution in [0.4, 0.5) is 17.1 Å². The molecule has 13 rings (SSSR count). The van der Waals surface area contributed by atoms with E-state index in [1.807, 2.05) is 18.2 Å². The molecule has 10 aromatic carbocycles. The van der Waals surface area contributed by atoms with Crippen LogP contribution >= 0.6 is 0 Å². The Hall–Kier alpha value is -8.66. The van der Waals surface area contributed by atoms with Gasteiger partial charge in [-0.1, -0.05) is 194 Å². The van der Waals surface area contributed by atoms with E-state index in [2.05, 4.69) is 235 Å². The summed E-state index contributed by atoms with van der Waals surface area (Å²) in [4.78, 5) is 12.8. The third-order valence-electron chi connectivity index (χ3n) is 13.7. The molecule has 1 aromatic heterocycles. The summed E-state index contributed by atoms with van der Waals surface area (Å²) in [5, 5.41) is 2.48. The predicted molar refractivity (Wildman–Crippen MR) is 272 cm³/mol. The Kier molecular flexibility index (Phi) is 8.75. The number of para-hydroxylation sites is 3. The second-order valence-corrected chi connectivity index (χ2v) is 17.3. The molecular formula is C63H41N3. The Balaban J connectivity index is 0.990. The van der Waals surface area contributed by atoms with E-state index in [1.54, 1.807) is 0 Å². The number of anilines is 3. The highest BCUT2D eigenvalue weighted by molar-refractivity contribution is 6.01. The number of hydrogen-bond acceptors (Lipinski definition) is 3. The maximum Gasteiger partial charge on any atom is 0.160 e. The van der Waals surface area contributed by atoms with E-state index in [0.717, 1.165) is 44.9 Å². The summed E-state index contributed by atoms with van der Waals surface area (Å²) in [5.74, 6) is 0.699. The summed E-state index contributed by atoms with van der Waals surface area (Å²) in [5.41, 5.74) is 20.1. The topological polar surface area (TPSA) is 29.0 Å². The van der Waals surface area contributed by atoms with Gasteiger partial charge >= 0.3 is 0 Å². The SMILES string of the molecule is c1ccc(-c2ccc(-c3cc(-c4cccc(-c5ccc6c(c5)C5(c7cc8ccccc8cc7-6)c6ccccc6N(c6ccccc6)c6ccccc65)c4)nc(-c4ccccc4)n3)cc2)cc1. The molecule has 1 aliphatic carbocycles. The van der Waals surface area contributed by atoms with E-state index in [0.29, 0.717) is 5.82 Å². The molecule has 0 radical (unpaired) electrons. The molecule has 66 heavy (non-hydrogen) atoms. The van der Waals surface area contributed by atoms with Gasteiger partial charge in [-0.25, -0.2) is 9.97 Å². The standard InChI is InChI=1S/C63H41N3/c1-4-17-42(18-5-1)43-31-33-44(34-32-43)58-41-59(65-62(64-58)45-19-6-2-7-20-45)50-24-16-23-46(37-50)49-35-36-52-53-38-47-21-10-11-22-48(47)39-57(53)63(56(52)40-49)54-27-12-14-29-60(54)66(51-25-8-3-9-26-51)61-30-15-13-28-55(61)63/h1-41H. The summed E-state index contributed by atoms with van der Waals surface area (Å²) in [6.45, 7) is 0. The van der Waals surface area contributed by atoms with Gasteiger partial charge in [0, 0.05) is 22.4 Å². The van der Waals surface area contributed by atoms with Gasteiger partial charge in [0.2, 0.25) is 0 Å². The van der Waals surface area contributed by atoms with E-state index in [9.17, 15) is 0 Å². The van der Waals surface area contributed by atoms with Crippen LogP contribution in [0.3, 0.4) is 0 Å². The first kappa shape index (κ1) is 37.9. The van der Waals surface area contributed by atoms with E-state index in [-0.39, 0.29) is 0 Å². The summed E-state index contributed by atoms with van der Waals surface area (Å²) >= 11 is 0. The average Bonchev–Trinajstić information content (AvgIpc) is 3.67. The second kappa shape index (κ2) is 15.3. The van der Waals surface area contributed by atoms with Gasteiger partial charge in [-0.3, -0.25) is 0 Å². The zero-order chi connectivity index (χ0) is 43.6. The van der Waals surface area contributed by atoms with Crippen LogP contribution < -0.4 is 4.90 Å². The lowest BCUT2D eigenvalue weighted by molar-refractivity contribution is 0.754. The predicted octanol–water partition coefficient (Wildman–Crippen LogP) is 16.1. The Morgan fingerprint density at radius 3 is 1.47 bits per heavy atom. The Labute approximate surface area is 384 Å². The number of benzene rings is 10. The molecule has 0 atom stereocenters. The van der Waals surface area contributed by atoms with Crippen LogP contribution in [0.25, 0.3) is 78.1 Å². The normalized spacial score (nSPS) is 12.9. The molecule has 0 unspecified atom stereocenters. The fourth-order valence-electron chi connectivity index (χ4n) is 10.7. The Morgan fingerprint density at radius 1 is 0.288 bits per heavy atom. The van der Waals surface area contributed by atoms with Crippen molar-refractivity contribution in [1.82, 2.24) is 9.97 Å². The Bertz CT molecular complexity index is 3590. The van der Waals surface area contributed by atoms with Crippen LogP contribution in [0.1, 0.15) is 22.3 Å². The van der Waals surface area contributed by atoms with Gasteiger partial charge in [0.1, 0.15) is 0 Å². The molecule has 2 aliphatic rings. The third-order valence-corrected chi connectivity index (χ3v) is 13.7. The smallest absolute Gasteiger partial charge is 0.160 e. The monoisotopic (exact) mass is 839 g/mol. The minimum Gasteiger partial charge on any atom is -0.310 e. The maximum atomic E-state index is 5.25. The summed E-state index contributed by atoms with van der Waals surface area (Å²) in [6, 6.07) is 90.1. The van der Waals surface area contributed by atoms with Gasteiger partial charge in [0.15, 0.2) is 5.82 Å². The summed E-state index contributed by atoms with van der Waals surface area (Å²) in [6.07, 6.45) is 0. The van der Waals surface area contributed by atoms with Gasteiger partial charge in [-0.05, 0) is 121 Å². The van der Waals surface area contributed by atoms with Crippen LogP contribution in [-0.4, -0.2) is 9.97 Å². The first-order valence-electron chi connectivity index (χ1n) is 22.6. The molecule has 0 saturated carbocycles. The number of nitrogens with zero attached hydrogens (tertiary/aromatic N) is 3. The van der Waals surface area contributed by atoms with Crippen molar-refractivity contribution in [3.05, 3.63) is 271 Å². The molecule has 308 valence electrons. The van der Waals surface area contributed by atoms with E-state index in [1.165, 1.54) is 66.7 Å². The Morgan fingerprint density at radius 2 is 0.773 bits per heavy atom. The van der Waals surface area contributed by atoms with E-state index < -0.39 is 5.41 Å². The minimum absolute atomic E-state index is 0.580. The van der Waals surface area contributed by atoms with E-state index in [4.69, 9.17) is 9.97 Å². The van der Waals surface area contributed by atoms with Gasteiger partial charge in [-0.2, -0.15) is 0 Å². The average molecular weight is 840 g/mol. The fraction of sp³-hybridized carbons (Fsp3) is 0.0159. The summed E-state index contributed by atoms with van der Waals surface area (Å²) < 4.78 is 0. The van der Waals surface area contributed by atoms with Crippen molar-refractivity contribution in [2.24, 2.45) is 0 Å². The van der Waals surface area contributed by atoms with Crippen molar-refractivity contribution in [2.75, 3.05) is 4.90 Å². The van der Waals surface area contributed by atoms with Crippen LogP contribution in [-0.2, 0) is 5.41 Å². The highest BCUT2D eigenvalue weighted by atomic mass is 15.2. The second-order valence-electron chi connectivity index (χ2n) is 17.3. The molecule has 0 bridgehead atoms. The van der Waals surface area contributed by atoms with Crippen molar-refractivity contribution in [1.29, 1.82) is 0 Å². The van der Waals surface area contributed by atoms with Crippen LogP contribution in [0.2, 0.25) is 0 Å². The molecular weight excluding hydrogens is 799 g/mol. The fourth-order valence-corrected chi connectivity index (χ4v) is 10.7. The molecule has 2 heterocycles. The van der Waals surface area contributed by atoms with Crippen LogP contribution in [0.15, 0.2) is 249 Å². The molecule has 0 amide bonds. The van der Waals surface area contributed by atoms with Crippen LogP contribution in [0.5, 0.6) is 0 Å².